The van der Waals surface area contributed by atoms with Crippen LogP contribution in [0.5, 0.6) is 11.5 Å². The number of nitrogens with zero attached hydrogens (tertiary/aromatic N) is 1. The summed E-state index contributed by atoms with van der Waals surface area (Å²) in [6, 6.07) is 18.0. The zero-order valence-electron chi connectivity index (χ0n) is 21.0. The highest BCUT2D eigenvalue weighted by Crippen LogP contribution is 2.62. The van der Waals surface area contributed by atoms with Gasteiger partial charge >= 0.3 is 12.1 Å². The van der Waals surface area contributed by atoms with Gasteiger partial charge in [-0.3, -0.25) is 4.90 Å². The molecule has 7 heteroatoms. The van der Waals surface area contributed by atoms with Gasteiger partial charge in [-0.25, -0.2) is 4.79 Å². The number of benzene rings is 3. The van der Waals surface area contributed by atoms with E-state index in [2.05, 4.69) is 4.90 Å². The highest BCUT2D eigenvalue weighted by atomic mass is 19.4. The van der Waals surface area contributed by atoms with Gasteiger partial charge in [0.25, 0.3) is 0 Å². The molecule has 0 unspecified atom stereocenters. The molecule has 37 heavy (non-hydrogen) atoms. The van der Waals surface area contributed by atoms with Crippen LogP contribution in [0.25, 0.3) is 0 Å². The van der Waals surface area contributed by atoms with Crippen molar-refractivity contribution in [1.29, 1.82) is 0 Å². The smallest absolute Gasteiger partial charge is 0.416 e. The van der Waals surface area contributed by atoms with Crippen molar-refractivity contribution in [2.45, 2.75) is 57.8 Å². The molecular weight excluding hydrogens is 479 g/mol. The van der Waals surface area contributed by atoms with Crippen molar-refractivity contribution in [3.05, 3.63) is 94.0 Å². The third-order valence-electron chi connectivity index (χ3n) is 7.36. The third kappa shape index (κ3) is 4.73. The first-order valence-corrected chi connectivity index (χ1v) is 12.8. The Morgan fingerprint density at radius 1 is 1.03 bits per heavy atom. The molecule has 1 aliphatic carbocycles. The maximum absolute atomic E-state index is 14.5. The molecule has 3 aromatic rings. The number of esters is 1. The van der Waals surface area contributed by atoms with Crippen LogP contribution in [-0.2, 0) is 12.7 Å². The van der Waals surface area contributed by atoms with Crippen LogP contribution < -0.4 is 9.47 Å². The quantitative estimate of drug-likeness (QED) is 0.180. The molecule has 0 spiro atoms. The predicted octanol–water partition coefficient (Wildman–Crippen LogP) is 7.46. The highest BCUT2D eigenvalue weighted by molar-refractivity contribution is 5.97. The molecule has 2 atom stereocenters. The van der Waals surface area contributed by atoms with Gasteiger partial charge in [0.15, 0.2) is 0 Å². The Hall–Kier alpha value is -3.32. The number of unbranched alkanes of at least 4 members (excludes halogenated alkanes) is 1. The van der Waals surface area contributed by atoms with Gasteiger partial charge in [-0.05, 0) is 55.1 Å². The number of fused-ring (bicyclic) bond motifs is 4. The third-order valence-corrected chi connectivity index (χ3v) is 7.36. The van der Waals surface area contributed by atoms with Crippen LogP contribution in [-0.4, -0.2) is 24.0 Å². The summed E-state index contributed by atoms with van der Waals surface area (Å²) in [6.07, 6.45) is -2.38. The first kappa shape index (κ1) is 25.3. The van der Waals surface area contributed by atoms with Crippen LogP contribution in [0.3, 0.4) is 0 Å². The van der Waals surface area contributed by atoms with Crippen molar-refractivity contribution in [3.8, 4) is 11.5 Å². The summed E-state index contributed by atoms with van der Waals surface area (Å²) >= 11 is 0. The summed E-state index contributed by atoms with van der Waals surface area (Å²) in [5.74, 6) is -0.565. The van der Waals surface area contributed by atoms with E-state index in [4.69, 9.17) is 9.47 Å². The number of alkyl halides is 3. The van der Waals surface area contributed by atoms with E-state index >= 15 is 0 Å². The normalized spacial score (nSPS) is 18.6. The minimum atomic E-state index is -4.60. The molecule has 0 amide bonds. The van der Waals surface area contributed by atoms with Gasteiger partial charge in [-0.2, -0.15) is 13.2 Å². The van der Waals surface area contributed by atoms with Gasteiger partial charge < -0.3 is 9.47 Å². The first-order valence-electron chi connectivity index (χ1n) is 12.8. The zero-order valence-corrected chi connectivity index (χ0v) is 21.0. The topological polar surface area (TPSA) is 38.8 Å². The Balaban J connectivity index is 1.63. The van der Waals surface area contributed by atoms with E-state index in [1.807, 2.05) is 37.3 Å². The maximum atomic E-state index is 14.5. The lowest BCUT2D eigenvalue weighted by Gasteiger charge is -2.43. The average molecular weight is 510 g/mol. The van der Waals surface area contributed by atoms with Crippen LogP contribution in [0, 0.1) is 6.92 Å². The number of hydrogen-bond acceptors (Lipinski definition) is 4. The lowest BCUT2D eigenvalue weighted by Crippen LogP contribution is -2.36. The molecule has 2 aliphatic rings. The fourth-order valence-electron chi connectivity index (χ4n) is 5.74. The fraction of sp³-hybridized carbons (Fsp3) is 0.367. The van der Waals surface area contributed by atoms with E-state index in [1.165, 1.54) is 6.92 Å². The lowest BCUT2D eigenvalue weighted by atomic mass is 9.68. The van der Waals surface area contributed by atoms with Crippen LogP contribution in [0.2, 0.25) is 0 Å². The van der Waals surface area contributed by atoms with E-state index in [9.17, 15) is 18.0 Å². The van der Waals surface area contributed by atoms with Gasteiger partial charge in [-0.1, -0.05) is 61.9 Å². The summed E-state index contributed by atoms with van der Waals surface area (Å²) in [5, 5.41) is 0. The van der Waals surface area contributed by atoms with Crippen LogP contribution in [0.15, 0.2) is 60.7 Å². The Kier molecular flexibility index (Phi) is 6.99. The molecule has 0 saturated carbocycles. The summed E-state index contributed by atoms with van der Waals surface area (Å²) in [4.78, 5) is 15.6. The monoisotopic (exact) mass is 509 g/mol. The summed E-state index contributed by atoms with van der Waals surface area (Å²) in [6.45, 7) is 4.98. The standard InChI is InChI=1S/C30H30F3NO3/c1-3-4-17-36-28-23(29(35)37-21-13-9-6-10-14-21)19(2)26(30(31,32)33)24-22-15-16-34(27(22)25(24)28)18-20-11-7-5-8-12-20/h5-14,22,27H,3-4,15-18H2,1-2H3/t22-,27-/m1/s1. The molecular formula is C30H30F3NO3. The Morgan fingerprint density at radius 3 is 2.35 bits per heavy atom. The minimum Gasteiger partial charge on any atom is -0.492 e. The molecule has 3 aromatic carbocycles. The van der Waals surface area contributed by atoms with Gasteiger partial charge in [-0.15, -0.1) is 0 Å². The van der Waals surface area contributed by atoms with E-state index in [0.29, 0.717) is 31.7 Å². The fourth-order valence-corrected chi connectivity index (χ4v) is 5.74. The number of rotatable bonds is 8. The second-order valence-corrected chi connectivity index (χ2v) is 9.73. The lowest BCUT2D eigenvalue weighted by molar-refractivity contribution is -0.139. The van der Waals surface area contributed by atoms with Gasteiger partial charge in [0.1, 0.15) is 17.1 Å². The van der Waals surface area contributed by atoms with Gasteiger partial charge in [0.05, 0.1) is 12.2 Å². The van der Waals surface area contributed by atoms with Gasteiger partial charge in [0, 0.05) is 24.1 Å². The van der Waals surface area contributed by atoms with Crippen LogP contribution >= 0.6 is 0 Å². The molecule has 0 bridgehead atoms. The summed E-state index contributed by atoms with van der Waals surface area (Å²) < 4.78 is 55.3. The molecule has 1 fully saturated rings. The molecule has 4 nitrogen and oxygen atoms in total. The Labute approximate surface area is 215 Å². The average Bonchev–Trinajstić information content (AvgIpc) is 3.20. The number of likely N-dealkylation sites (tertiary alicyclic amines) is 1. The van der Waals surface area contributed by atoms with Crippen LogP contribution in [0.4, 0.5) is 13.2 Å². The molecule has 194 valence electrons. The van der Waals surface area contributed by atoms with Crippen molar-refractivity contribution in [1.82, 2.24) is 4.90 Å². The SMILES string of the molecule is CCCCOc1c(C(=O)Oc2ccccc2)c(C)c(C(F)(F)F)c2c1[C@H]1[C@@H]2CCN1Cc1ccccc1. The predicted molar refractivity (Wildman–Crippen MR) is 135 cm³/mol. The largest absolute Gasteiger partial charge is 0.492 e. The number of carbonyl (C=O) groups is 1. The van der Waals surface area contributed by atoms with E-state index in [0.717, 1.165) is 18.4 Å². The molecule has 5 rings (SSSR count). The molecule has 0 aromatic heterocycles. The van der Waals surface area contributed by atoms with Crippen molar-refractivity contribution < 1.29 is 27.4 Å². The van der Waals surface area contributed by atoms with Crippen molar-refractivity contribution >= 4 is 5.97 Å². The van der Waals surface area contributed by atoms with Gasteiger partial charge in [0.2, 0.25) is 0 Å². The number of ether oxygens (including phenoxy) is 2. The van der Waals surface area contributed by atoms with Crippen molar-refractivity contribution in [2.75, 3.05) is 13.2 Å². The zero-order chi connectivity index (χ0) is 26.2. The summed E-state index contributed by atoms with van der Waals surface area (Å²) in [7, 11) is 0. The van der Waals surface area contributed by atoms with E-state index < -0.39 is 17.7 Å². The van der Waals surface area contributed by atoms with E-state index in [1.54, 1.807) is 30.3 Å². The van der Waals surface area contributed by atoms with E-state index in [-0.39, 0.29) is 40.1 Å². The Morgan fingerprint density at radius 2 is 1.70 bits per heavy atom. The van der Waals surface area contributed by atoms with Crippen LogP contribution in [0.1, 0.15) is 76.3 Å². The van der Waals surface area contributed by atoms with Crippen molar-refractivity contribution in [2.24, 2.45) is 0 Å². The number of carbonyl (C=O) groups excluding carboxylic acids is 1. The molecule has 1 heterocycles. The molecule has 0 radical (unpaired) electrons. The molecule has 1 aliphatic heterocycles. The summed E-state index contributed by atoms with van der Waals surface area (Å²) in [5.41, 5.74) is 0.903. The number of para-hydroxylation sites is 1. The number of hydrogen-bond donors (Lipinski definition) is 0. The molecule has 1 saturated heterocycles. The first-order chi connectivity index (χ1) is 17.8. The minimum absolute atomic E-state index is 0.126. The second-order valence-electron chi connectivity index (χ2n) is 9.73. The maximum Gasteiger partial charge on any atom is 0.416 e. The second kappa shape index (κ2) is 10.2. The highest BCUT2D eigenvalue weighted by Gasteiger charge is 2.54. The number of halogens is 3. The van der Waals surface area contributed by atoms with Crippen molar-refractivity contribution in [3.63, 3.8) is 0 Å². The Bertz CT molecular complexity index is 1270. The molecule has 0 N–H and O–H groups in total.